The molecule has 1 aliphatic rings. The Morgan fingerprint density at radius 1 is 1.21 bits per heavy atom. The molecular weight excluding hydrogens is 176 g/mol. The summed E-state index contributed by atoms with van der Waals surface area (Å²) in [6.07, 6.45) is 5.94. The Morgan fingerprint density at radius 2 is 1.79 bits per heavy atom. The van der Waals surface area contributed by atoms with E-state index in [1.54, 1.807) is 0 Å². The molecular formula is C11H22N2O. The SMILES string of the molecule is CCCN(C)C(=O)N1CCCCCC1. The molecule has 0 radical (unpaired) electrons. The number of nitrogens with zero attached hydrogens (tertiary/aromatic N) is 2. The van der Waals surface area contributed by atoms with Gasteiger partial charge in [-0.3, -0.25) is 0 Å². The highest BCUT2D eigenvalue weighted by Crippen LogP contribution is 2.11. The van der Waals surface area contributed by atoms with Crippen molar-refractivity contribution in [3.05, 3.63) is 0 Å². The van der Waals surface area contributed by atoms with Gasteiger partial charge in [-0.15, -0.1) is 0 Å². The fourth-order valence-corrected chi connectivity index (χ4v) is 1.93. The zero-order valence-electron chi connectivity index (χ0n) is 9.46. The molecule has 1 aliphatic heterocycles. The van der Waals surface area contributed by atoms with E-state index in [1.807, 2.05) is 16.8 Å². The smallest absolute Gasteiger partial charge is 0.319 e. The molecule has 3 heteroatoms. The van der Waals surface area contributed by atoms with Gasteiger partial charge >= 0.3 is 6.03 Å². The first-order valence-electron chi connectivity index (χ1n) is 5.75. The molecule has 1 fully saturated rings. The van der Waals surface area contributed by atoms with Gasteiger partial charge in [0.25, 0.3) is 0 Å². The standard InChI is InChI=1S/C11H22N2O/c1-3-8-12(2)11(14)13-9-6-4-5-7-10-13/h3-10H2,1-2H3. The summed E-state index contributed by atoms with van der Waals surface area (Å²) < 4.78 is 0. The minimum atomic E-state index is 0.216. The summed E-state index contributed by atoms with van der Waals surface area (Å²) in [5.74, 6) is 0. The van der Waals surface area contributed by atoms with E-state index in [9.17, 15) is 4.79 Å². The number of carbonyl (C=O) groups is 1. The van der Waals surface area contributed by atoms with E-state index in [0.717, 1.165) is 26.1 Å². The van der Waals surface area contributed by atoms with Crippen molar-refractivity contribution in [2.45, 2.75) is 39.0 Å². The van der Waals surface area contributed by atoms with Gasteiger partial charge in [-0.05, 0) is 19.3 Å². The summed E-state index contributed by atoms with van der Waals surface area (Å²) in [5, 5.41) is 0. The molecule has 0 aliphatic carbocycles. The molecule has 0 aromatic rings. The second kappa shape index (κ2) is 5.89. The van der Waals surface area contributed by atoms with Crippen molar-refractivity contribution >= 4 is 6.03 Å². The van der Waals surface area contributed by atoms with Gasteiger partial charge in [0.15, 0.2) is 0 Å². The van der Waals surface area contributed by atoms with E-state index in [1.165, 1.54) is 25.7 Å². The van der Waals surface area contributed by atoms with Crippen molar-refractivity contribution in [3.8, 4) is 0 Å². The highest BCUT2D eigenvalue weighted by molar-refractivity contribution is 5.74. The Kier molecular flexibility index (Phi) is 4.77. The van der Waals surface area contributed by atoms with Crippen LogP contribution in [0.3, 0.4) is 0 Å². The normalized spacial score (nSPS) is 17.7. The van der Waals surface area contributed by atoms with Crippen LogP contribution in [0.15, 0.2) is 0 Å². The van der Waals surface area contributed by atoms with Crippen molar-refractivity contribution in [2.75, 3.05) is 26.7 Å². The molecule has 0 unspecified atom stereocenters. The van der Waals surface area contributed by atoms with Crippen LogP contribution in [-0.4, -0.2) is 42.5 Å². The molecule has 0 atom stereocenters. The first kappa shape index (κ1) is 11.3. The van der Waals surface area contributed by atoms with Crippen molar-refractivity contribution in [2.24, 2.45) is 0 Å². The topological polar surface area (TPSA) is 23.6 Å². The number of amides is 2. The van der Waals surface area contributed by atoms with E-state index < -0.39 is 0 Å². The second-order valence-electron chi connectivity index (χ2n) is 4.11. The summed E-state index contributed by atoms with van der Waals surface area (Å²) >= 11 is 0. The number of urea groups is 1. The molecule has 0 spiro atoms. The third kappa shape index (κ3) is 3.20. The predicted molar refractivity (Wildman–Crippen MR) is 58.4 cm³/mol. The van der Waals surface area contributed by atoms with Gasteiger partial charge in [-0.25, -0.2) is 4.79 Å². The van der Waals surface area contributed by atoms with Crippen LogP contribution in [-0.2, 0) is 0 Å². The predicted octanol–water partition coefficient (Wildman–Crippen LogP) is 2.32. The van der Waals surface area contributed by atoms with E-state index in [0.29, 0.717) is 0 Å². The quantitative estimate of drug-likeness (QED) is 0.668. The molecule has 1 heterocycles. The van der Waals surface area contributed by atoms with Crippen LogP contribution in [0.25, 0.3) is 0 Å². The minimum absolute atomic E-state index is 0.216. The maximum atomic E-state index is 11.9. The fraction of sp³-hybridized carbons (Fsp3) is 0.909. The summed E-state index contributed by atoms with van der Waals surface area (Å²) in [6, 6.07) is 0.216. The van der Waals surface area contributed by atoms with E-state index >= 15 is 0 Å². The largest absolute Gasteiger partial charge is 0.328 e. The van der Waals surface area contributed by atoms with Crippen LogP contribution in [0.4, 0.5) is 4.79 Å². The van der Waals surface area contributed by atoms with E-state index in [4.69, 9.17) is 0 Å². The summed E-state index contributed by atoms with van der Waals surface area (Å²) in [7, 11) is 1.90. The van der Waals surface area contributed by atoms with Crippen LogP contribution >= 0.6 is 0 Å². The lowest BCUT2D eigenvalue weighted by molar-refractivity contribution is 0.164. The van der Waals surface area contributed by atoms with Gasteiger partial charge in [-0.1, -0.05) is 19.8 Å². The van der Waals surface area contributed by atoms with Crippen molar-refractivity contribution in [1.82, 2.24) is 9.80 Å². The van der Waals surface area contributed by atoms with Gasteiger partial charge < -0.3 is 9.80 Å². The molecule has 1 saturated heterocycles. The Labute approximate surface area is 87.1 Å². The zero-order chi connectivity index (χ0) is 10.4. The van der Waals surface area contributed by atoms with Gasteiger partial charge in [0.2, 0.25) is 0 Å². The Balaban J connectivity index is 2.40. The highest BCUT2D eigenvalue weighted by Gasteiger charge is 2.17. The maximum Gasteiger partial charge on any atom is 0.319 e. The highest BCUT2D eigenvalue weighted by atomic mass is 16.2. The van der Waals surface area contributed by atoms with E-state index in [2.05, 4.69) is 6.92 Å². The molecule has 2 amide bonds. The third-order valence-electron chi connectivity index (χ3n) is 2.76. The van der Waals surface area contributed by atoms with Gasteiger partial charge in [0, 0.05) is 26.7 Å². The molecule has 3 nitrogen and oxygen atoms in total. The third-order valence-corrected chi connectivity index (χ3v) is 2.76. The average molecular weight is 198 g/mol. The van der Waals surface area contributed by atoms with Crippen LogP contribution in [0.5, 0.6) is 0 Å². The molecule has 1 rings (SSSR count). The Bertz CT molecular complexity index is 174. The second-order valence-corrected chi connectivity index (χ2v) is 4.11. The van der Waals surface area contributed by atoms with Gasteiger partial charge in [0.1, 0.15) is 0 Å². The minimum Gasteiger partial charge on any atom is -0.328 e. The summed E-state index contributed by atoms with van der Waals surface area (Å²) in [5.41, 5.74) is 0. The number of rotatable bonds is 2. The lowest BCUT2D eigenvalue weighted by Gasteiger charge is -2.26. The first-order chi connectivity index (χ1) is 6.75. The van der Waals surface area contributed by atoms with Crippen LogP contribution in [0.2, 0.25) is 0 Å². The number of hydrogen-bond acceptors (Lipinski definition) is 1. The zero-order valence-corrected chi connectivity index (χ0v) is 9.46. The molecule has 14 heavy (non-hydrogen) atoms. The van der Waals surface area contributed by atoms with Gasteiger partial charge in [0.05, 0.1) is 0 Å². The molecule has 0 aromatic heterocycles. The van der Waals surface area contributed by atoms with Crippen LogP contribution < -0.4 is 0 Å². The monoisotopic (exact) mass is 198 g/mol. The lowest BCUT2D eigenvalue weighted by atomic mass is 10.2. The average Bonchev–Trinajstić information content (AvgIpc) is 2.45. The molecule has 82 valence electrons. The maximum absolute atomic E-state index is 11.9. The summed E-state index contributed by atoms with van der Waals surface area (Å²) in [4.78, 5) is 15.7. The van der Waals surface area contributed by atoms with Gasteiger partial charge in [-0.2, -0.15) is 0 Å². The molecule has 0 aromatic carbocycles. The molecule has 0 N–H and O–H groups in total. The fourth-order valence-electron chi connectivity index (χ4n) is 1.93. The van der Waals surface area contributed by atoms with Crippen molar-refractivity contribution < 1.29 is 4.79 Å². The van der Waals surface area contributed by atoms with E-state index in [-0.39, 0.29) is 6.03 Å². The number of hydrogen-bond donors (Lipinski definition) is 0. The first-order valence-corrected chi connectivity index (χ1v) is 5.75. The van der Waals surface area contributed by atoms with Crippen molar-refractivity contribution in [1.29, 1.82) is 0 Å². The van der Waals surface area contributed by atoms with Crippen LogP contribution in [0, 0.1) is 0 Å². The van der Waals surface area contributed by atoms with Crippen LogP contribution in [0.1, 0.15) is 39.0 Å². The summed E-state index contributed by atoms with van der Waals surface area (Å²) in [6.45, 7) is 4.88. The molecule has 0 saturated carbocycles. The Morgan fingerprint density at radius 3 is 2.29 bits per heavy atom. The Hall–Kier alpha value is -0.730. The number of carbonyl (C=O) groups excluding carboxylic acids is 1. The molecule has 0 bridgehead atoms. The van der Waals surface area contributed by atoms with Crippen molar-refractivity contribution in [3.63, 3.8) is 0 Å². The number of likely N-dealkylation sites (tertiary alicyclic amines) is 1. The lowest BCUT2D eigenvalue weighted by Crippen LogP contribution is -2.41.